The molecule has 0 unspecified atom stereocenters. The molecule has 2 N–H and O–H groups in total. The number of rotatable bonds is 2. The van der Waals surface area contributed by atoms with Crippen molar-refractivity contribution < 1.29 is 0 Å². The highest BCUT2D eigenvalue weighted by molar-refractivity contribution is 5.41. The molecule has 0 radical (unpaired) electrons. The number of nitrogen functional groups attached to an aromatic ring is 1. The van der Waals surface area contributed by atoms with Crippen molar-refractivity contribution in [3.63, 3.8) is 0 Å². The maximum Gasteiger partial charge on any atom is 0.227 e. The van der Waals surface area contributed by atoms with Crippen LogP contribution < -0.4 is 10.6 Å². The van der Waals surface area contributed by atoms with Gasteiger partial charge in [0.05, 0.1) is 5.69 Å². The van der Waals surface area contributed by atoms with Gasteiger partial charge in [0.15, 0.2) is 0 Å². The Kier molecular flexibility index (Phi) is 2.69. The highest BCUT2D eigenvalue weighted by atomic mass is 15.2. The van der Waals surface area contributed by atoms with E-state index < -0.39 is 0 Å². The van der Waals surface area contributed by atoms with Crippen molar-refractivity contribution in [1.29, 1.82) is 0 Å². The molecule has 5 rings (SSSR count). The maximum atomic E-state index is 6.01. The third-order valence-electron chi connectivity index (χ3n) is 5.72. The SMILES string of the molecule is CN(C)c1nc(N)cc(C2C3CC4CC(C3)CC2C4)n1. The molecule has 1 aromatic heterocycles. The molecule has 4 nitrogen and oxygen atoms in total. The minimum Gasteiger partial charge on any atom is -0.384 e. The van der Waals surface area contributed by atoms with Crippen molar-refractivity contribution in [1.82, 2.24) is 9.97 Å². The van der Waals surface area contributed by atoms with Crippen LogP contribution in [0, 0.1) is 23.7 Å². The first kappa shape index (κ1) is 12.4. The Bertz CT molecular complexity index is 497. The zero-order valence-electron chi connectivity index (χ0n) is 12.4. The number of hydrogen-bond acceptors (Lipinski definition) is 4. The highest BCUT2D eigenvalue weighted by Crippen LogP contribution is 2.59. The van der Waals surface area contributed by atoms with Gasteiger partial charge in [0.1, 0.15) is 5.82 Å². The Morgan fingerprint density at radius 1 is 1.00 bits per heavy atom. The summed E-state index contributed by atoms with van der Waals surface area (Å²) in [5.74, 6) is 5.70. The van der Waals surface area contributed by atoms with Crippen molar-refractivity contribution in [3.8, 4) is 0 Å². The van der Waals surface area contributed by atoms with Crippen LogP contribution >= 0.6 is 0 Å². The van der Waals surface area contributed by atoms with E-state index in [-0.39, 0.29) is 0 Å². The summed E-state index contributed by atoms with van der Waals surface area (Å²) in [4.78, 5) is 11.1. The fourth-order valence-corrected chi connectivity index (χ4v) is 5.25. The number of nitrogens with two attached hydrogens (primary N) is 1. The van der Waals surface area contributed by atoms with Crippen LogP contribution in [-0.2, 0) is 0 Å². The van der Waals surface area contributed by atoms with E-state index in [0.717, 1.165) is 29.6 Å². The fourth-order valence-electron chi connectivity index (χ4n) is 5.25. The average Bonchev–Trinajstić information content (AvgIpc) is 2.36. The molecule has 4 heteroatoms. The highest BCUT2D eigenvalue weighted by Gasteiger charge is 2.49. The lowest BCUT2D eigenvalue weighted by Gasteiger charge is -2.54. The van der Waals surface area contributed by atoms with Gasteiger partial charge in [0, 0.05) is 26.1 Å². The van der Waals surface area contributed by atoms with Crippen LogP contribution in [-0.4, -0.2) is 24.1 Å². The third kappa shape index (κ3) is 1.88. The van der Waals surface area contributed by atoms with Gasteiger partial charge in [-0.25, -0.2) is 4.98 Å². The number of anilines is 2. The van der Waals surface area contributed by atoms with Gasteiger partial charge in [0.2, 0.25) is 5.95 Å². The van der Waals surface area contributed by atoms with Gasteiger partial charge in [-0.1, -0.05) is 0 Å². The smallest absolute Gasteiger partial charge is 0.227 e. The van der Waals surface area contributed by atoms with E-state index in [4.69, 9.17) is 10.7 Å². The molecule has 4 bridgehead atoms. The summed E-state index contributed by atoms with van der Waals surface area (Å²) in [7, 11) is 3.96. The molecule has 0 atom stereocenters. The molecule has 1 heterocycles. The first-order chi connectivity index (χ1) is 9.60. The number of nitrogens with zero attached hydrogens (tertiary/aromatic N) is 3. The van der Waals surface area contributed by atoms with E-state index in [1.165, 1.54) is 37.8 Å². The predicted octanol–water partition coefficient (Wildman–Crippen LogP) is 2.66. The van der Waals surface area contributed by atoms with Gasteiger partial charge in [-0.05, 0) is 55.8 Å². The molecule has 20 heavy (non-hydrogen) atoms. The van der Waals surface area contributed by atoms with Gasteiger partial charge < -0.3 is 10.6 Å². The second-order valence-electron chi connectivity index (χ2n) is 7.37. The van der Waals surface area contributed by atoms with Crippen LogP contribution in [0.25, 0.3) is 0 Å². The number of aromatic nitrogens is 2. The van der Waals surface area contributed by atoms with E-state index >= 15 is 0 Å². The maximum absolute atomic E-state index is 6.01. The van der Waals surface area contributed by atoms with Crippen molar-refractivity contribution in [3.05, 3.63) is 11.8 Å². The largest absolute Gasteiger partial charge is 0.384 e. The molecule has 4 fully saturated rings. The second-order valence-corrected chi connectivity index (χ2v) is 7.37. The summed E-state index contributed by atoms with van der Waals surface area (Å²) < 4.78 is 0. The predicted molar refractivity (Wildman–Crippen MR) is 80.6 cm³/mol. The molecule has 0 saturated heterocycles. The molecule has 4 aliphatic rings. The van der Waals surface area contributed by atoms with E-state index in [0.29, 0.717) is 11.7 Å². The molecule has 1 aromatic rings. The number of hydrogen-bond donors (Lipinski definition) is 1. The van der Waals surface area contributed by atoms with Gasteiger partial charge in [0.25, 0.3) is 0 Å². The monoisotopic (exact) mass is 272 g/mol. The Hall–Kier alpha value is -1.32. The summed E-state index contributed by atoms with van der Waals surface area (Å²) in [6.07, 6.45) is 7.16. The van der Waals surface area contributed by atoms with Crippen LogP contribution in [0.2, 0.25) is 0 Å². The Labute approximate surface area is 120 Å². The second kappa shape index (κ2) is 4.34. The minimum absolute atomic E-state index is 0.618. The molecule has 4 saturated carbocycles. The fraction of sp³-hybridized carbons (Fsp3) is 0.750. The molecule has 0 amide bonds. The third-order valence-corrected chi connectivity index (χ3v) is 5.72. The summed E-state index contributed by atoms with van der Waals surface area (Å²) in [5, 5.41) is 0. The van der Waals surface area contributed by atoms with Crippen molar-refractivity contribution in [2.75, 3.05) is 24.7 Å². The van der Waals surface area contributed by atoms with Crippen LogP contribution in [0.4, 0.5) is 11.8 Å². The van der Waals surface area contributed by atoms with E-state index in [2.05, 4.69) is 4.98 Å². The minimum atomic E-state index is 0.618. The topological polar surface area (TPSA) is 55.0 Å². The zero-order valence-corrected chi connectivity index (χ0v) is 12.4. The van der Waals surface area contributed by atoms with E-state index in [9.17, 15) is 0 Å². The van der Waals surface area contributed by atoms with Gasteiger partial charge >= 0.3 is 0 Å². The Morgan fingerprint density at radius 2 is 1.60 bits per heavy atom. The van der Waals surface area contributed by atoms with Crippen molar-refractivity contribution in [2.24, 2.45) is 23.7 Å². The van der Waals surface area contributed by atoms with Gasteiger partial charge in [-0.15, -0.1) is 0 Å². The van der Waals surface area contributed by atoms with Gasteiger partial charge in [-0.3, -0.25) is 0 Å². The van der Waals surface area contributed by atoms with E-state index in [1.54, 1.807) is 0 Å². The molecular weight excluding hydrogens is 248 g/mol. The molecule has 0 aromatic carbocycles. The van der Waals surface area contributed by atoms with Gasteiger partial charge in [-0.2, -0.15) is 4.98 Å². The zero-order chi connectivity index (χ0) is 13.9. The van der Waals surface area contributed by atoms with Crippen molar-refractivity contribution in [2.45, 2.75) is 38.0 Å². The Balaban J connectivity index is 1.70. The lowest BCUT2D eigenvalue weighted by atomic mass is 9.51. The van der Waals surface area contributed by atoms with Crippen LogP contribution in [0.1, 0.15) is 43.7 Å². The summed E-state index contributed by atoms with van der Waals surface area (Å²) in [5.41, 5.74) is 7.22. The van der Waals surface area contributed by atoms with Crippen LogP contribution in [0.5, 0.6) is 0 Å². The molecule has 108 valence electrons. The summed E-state index contributed by atoms with van der Waals surface area (Å²) in [6, 6.07) is 2.03. The van der Waals surface area contributed by atoms with Crippen LogP contribution in [0.15, 0.2) is 6.07 Å². The quantitative estimate of drug-likeness (QED) is 0.899. The van der Waals surface area contributed by atoms with E-state index in [1.807, 2.05) is 25.1 Å². The molecule has 0 spiro atoms. The summed E-state index contributed by atoms with van der Waals surface area (Å²) >= 11 is 0. The first-order valence-electron chi connectivity index (χ1n) is 7.92. The standard InChI is InChI=1S/C16H24N4/c1-20(2)16-18-13(8-14(17)19-16)15-11-4-9-3-10(6-11)7-12(15)5-9/h8-12,15H,3-7H2,1-2H3,(H2,17,18,19). The lowest BCUT2D eigenvalue weighted by Crippen LogP contribution is -2.44. The van der Waals surface area contributed by atoms with Crippen LogP contribution in [0.3, 0.4) is 0 Å². The molecular formula is C16H24N4. The molecule has 4 aliphatic carbocycles. The summed E-state index contributed by atoms with van der Waals surface area (Å²) in [6.45, 7) is 0. The van der Waals surface area contributed by atoms with Crippen molar-refractivity contribution >= 4 is 11.8 Å². The Morgan fingerprint density at radius 3 is 2.15 bits per heavy atom. The average molecular weight is 272 g/mol. The molecule has 0 aliphatic heterocycles. The normalized spacial score (nSPS) is 38.2. The first-order valence-corrected chi connectivity index (χ1v) is 7.92. The lowest BCUT2D eigenvalue weighted by molar-refractivity contribution is -0.00412.